The first-order valence-corrected chi connectivity index (χ1v) is 9.53. The lowest BCUT2D eigenvalue weighted by atomic mass is 10.1. The molecule has 0 saturated carbocycles. The molecular weight excluding hydrogens is 272 g/mol. The van der Waals surface area contributed by atoms with Crippen LogP contribution in [0.1, 0.15) is 103 Å². The van der Waals surface area contributed by atoms with Gasteiger partial charge in [0.2, 0.25) is 0 Å². The molecule has 0 bridgehead atoms. The number of esters is 1. The van der Waals surface area contributed by atoms with Gasteiger partial charge in [0.25, 0.3) is 0 Å². The SMILES string of the molecule is CCCCCCCCCCCC=CCCCCCC(=O)OC. The molecule has 0 spiro atoms. The van der Waals surface area contributed by atoms with Crippen molar-refractivity contribution < 1.29 is 9.53 Å². The van der Waals surface area contributed by atoms with Gasteiger partial charge in [-0.1, -0.05) is 76.9 Å². The van der Waals surface area contributed by atoms with Crippen LogP contribution in [0, 0.1) is 0 Å². The van der Waals surface area contributed by atoms with Crippen molar-refractivity contribution in [2.75, 3.05) is 7.11 Å². The molecule has 0 radical (unpaired) electrons. The van der Waals surface area contributed by atoms with Crippen LogP contribution in [-0.2, 0) is 9.53 Å². The van der Waals surface area contributed by atoms with Gasteiger partial charge < -0.3 is 4.74 Å². The first kappa shape index (κ1) is 21.2. The van der Waals surface area contributed by atoms with Crippen molar-refractivity contribution in [1.82, 2.24) is 0 Å². The third kappa shape index (κ3) is 17.3. The maximum atomic E-state index is 10.9. The highest BCUT2D eigenvalue weighted by molar-refractivity contribution is 5.68. The first-order valence-electron chi connectivity index (χ1n) is 9.53. The van der Waals surface area contributed by atoms with Crippen LogP contribution in [0.3, 0.4) is 0 Å². The Morgan fingerprint density at radius 3 is 1.68 bits per heavy atom. The smallest absolute Gasteiger partial charge is 0.305 e. The summed E-state index contributed by atoms with van der Waals surface area (Å²) in [6, 6.07) is 0. The summed E-state index contributed by atoms with van der Waals surface area (Å²) in [4.78, 5) is 10.9. The minimum Gasteiger partial charge on any atom is -0.469 e. The van der Waals surface area contributed by atoms with Crippen molar-refractivity contribution in [2.24, 2.45) is 0 Å². The minimum atomic E-state index is -0.0825. The molecule has 130 valence electrons. The van der Waals surface area contributed by atoms with Crippen LogP contribution < -0.4 is 0 Å². The fraction of sp³-hybridized carbons (Fsp3) is 0.850. The van der Waals surface area contributed by atoms with Crippen molar-refractivity contribution in [3.05, 3.63) is 12.2 Å². The standard InChI is InChI=1S/C20H38O2/c1-3-4-5-6-7-8-9-10-11-12-13-14-15-16-17-18-19-20(21)22-2/h13-14H,3-12,15-19H2,1-2H3. The van der Waals surface area contributed by atoms with Gasteiger partial charge >= 0.3 is 5.97 Å². The molecular formula is C20H38O2. The summed E-state index contributed by atoms with van der Waals surface area (Å²) in [6.07, 6.45) is 23.5. The molecule has 0 heterocycles. The Morgan fingerprint density at radius 1 is 0.727 bits per heavy atom. The second-order valence-corrected chi connectivity index (χ2v) is 6.26. The Labute approximate surface area is 138 Å². The van der Waals surface area contributed by atoms with Crippen molar-refractivity contribution >= 4 is 5.97 Å². The molecule has 0 rings (SSSR count). The second kappa shape index (κ2) is 18.3. The molecule has 0 unspecified atom stereocenters. The molecule has 0 aliphatic rings. The fourth-order valence-corrected chi connectivity index (χ4v) is 2.62. The summed E-state index contributed by atoms with van der Waals surface area (Å²) in [6.45, 7) is 2.27. The first-order chi connectivity index (χ1) is 10.8. The molecule has 0 atom stereocenters. The number of carbonyl (C=O) groups is 1. The number of hydrogen-bond donors (Lipinski definition) is 0. The zero-order valence-electron chi connectivity index (χ0n) is 15.1. The van der Waals surface area contributed by atoms with Crippen LogP contribution in [0.25, 0.3) is 0 Å². The molecule has 2 heteroatoms. The van der Waals surface area contributed by atoms with E-state index >= 15 is 0 Å². The van der Waals surface area contributed by atoms with E-state index < -0.39 is 0 Å². The van der Waals surface area contributed by atoms with Crippen molar-refractivity contribution in [3.8, 4) is 0 Å². The summed E-state index contributed by atoms with van der Waals surface area (Å²) in [5.74, 6) is -0.0825. The van der Waals surface area contributed by atoms with Crippen LogP contribution >= 0.6 is 0 Å². The molecule has 0 aliphatic heterocycles. The van der Waals surface area contributed by atoms with E-state index in [4.69, 9.17) is 0 Å². The van der Waals surface area contributed by atoms with Crippen molar-refractivity contribution in [1.29, 1.82) is 0 Å². The predicted molar refractivity (Wildman–Crippen MR) is 96.1 cm³/mol. The lowest BCUT2D eigenvalue weighted by Crippen LogP contribution is -1.98. The number of ether oxygens (including phenoxy) is 1. The van der Waals surface area contributed by atoms with E-state index in [1.54, 1.807) is 0 Å². The zero-order valence-corrected chi connectivity index (χ0v) is 15.1. The van der Waals surface area contributed by atoms with Gasteiger partial charge in [-0.25, -0.2) is 0 Å². The number of rotatable bonds is 16. The molecule has 0 aromatic rings. The van der Waals surface area contributed by atoms with Gasteiger partial charge in [0.05, 0.1) is 7.11 Å². The van der Waals surface area contributed by atoms with Crippen LogP contribution in [-0.4, -0.2) is 13.1 Å². The maximum Gasteiger partial charge on any atom is 0.305 e. The van der Waals surface area contributed by atoms with E-state index in [0.717, 1.165) is 19.3 Å². The van der Waals surface area contributed by atoms with Crippen molar-refractivity contribution in [2.45, 2.75) is 103 Å². The average Bonchev–Trinajstić information content (AvgIpc) is 2.54. The van der Waals surface area contributed by atoms with Crippen LogP contribution in [0.2, 0.25) is 0 Å². The van der Waals surface area contributed by atoms with Gasteiger partial charge in [-0.2, -0.15) is 0 Å². The Balaban J connectivity index is 3.10. The lowest BCUT2D eigenvalue weighted by molar-refractivity contribution is -0.140. The van der Waals surface area contributed by atoms with E-state index in [2.05, 4.69) is 23.8 Å². The summed E-state index contributed by atoms with van der Waals surface area (Å²) < 4.78 is 4.62. The number of hydrogen-bond acceptors (Lipinski definition) is 2. The third-order valence-electron chi connectivity index (χ3n) is 4.12. The number of allylic oxidation sites excluding steroid dienone is 2. The summed E-state index contributed by atoms with van der Waals surface area (Å²) in [7, 11) is 1.46. The zero-order chi connectivity index (χ0) is 16.3. The molecule has 0 aliphatic carbocycles. The molecule has 0 aromatic carbocycles. The van der Waals surface area contributed by atoms with Gasteiger partial charge in [0, 0.05) is 6.42 Å². The van der Waals surface area contributed by atoms with Gasteiger partial charge in [-0.15, -0.1) is 0 Å². The molecule has 2 nitrogen and oxygen atoms in total. The third-order valence-corrected chi connectivity index (χ3v) is 4.12. The second-order valence-electron chi connectivity index (χ2n) is 6.26. The summed E-state index contributed by atoms with van der Waals surface area (Å²) >= 11 is 0. The van der Waals surface area contributed by atoms with Gasteiger partial charge in [-0.05, 0) is 32.1 Å². The molecule has 22 heavy (non-hydrogen) atoms. The maximum absolute atomic E-state index is 10.9. The van der Waals surface area contributed by atoms with Crippen LogP contribution in [0.15, 0.2) is 12.2 Å². The van der Waals surface area contributed by atoms with E-state index in [9.17, 15) is 4.79 Å². The molecule has 0 aromatic heterocycles. The quantitative estimate of drug-likeness (QED) is 0.183. The van der Waals surface area contributed by atoms with Gasteiger partial charge in [0.15, 0.2) is 0 Å². The van der Waals surface area contributed by atoms with Crippen molar-refractivity contribution in [3.63, 3.8) is 0 Å². The van der Waals surface area contributed by atoms with Gasteiger partial charge in [-0.3, -0.25) is 4.79 Å². The summed E-state index contributed by atoms with van der Waals surface area (Å²) in [5, 5.41) is 0. The Morgan fingerprint density at radius 2 is 1.18 bits per heavy atom. The number of carbonyl (C=O) groups excluding carboxylic acids is 1. The van der Waals surface area contributed by atoms with E-state index in [0.29, 0.717) is 6.42 Å². The Bertz CT molecular complexity index is 258. The fourth-order valence-electron chi connectivity index (χ4n) is 2.62. The molecule has 0 amide bonds. The minimum absolute atomic E-state index is 0.0825. The van der Waals surface area contributed by atoms with Crippen LogP contribution in [0.4, 0.5) is 0 Å². The largest absolute Gasteiger partial charge is 0.469 e. The molecule has 0 saturated heterocycles. The van der Waals surface area contributed by atoms with E-state index in [1.165, 1.54) is 77.7 Å². The average molecular weight is 311 g/mol. The predicted octanol–water partition coefficient (Wildman–Crippen LogP) is 6.59. The Hall–Kier alpha value is -0.790. The normalized spacial score (nSPS) is 11.2. The highest BCUT2D eigenvalue weighted by Crippen LogP contribution is 2.11. The topological polar surface area (TPSA) is 26.3 Å². The monoisotopic (exact) mass is 310 g/mol. The highest BCUT2D eigenvalue weighted by atomic mass is 16.5. The Kier molecular flexibility index (Phi) is 17.6. The van der Waals surface area contributed by atoms with E-state index in [-0.39, 0.29) is 5.97 Å². The highest BCUT2D eigenvalue weighted by Gasteiger charge is 1.98. The van der Waals surface area contributed by atoms with Crippen LogP contribution in [0.5, 0.6) is 0 Å². The van der Waals surface area contributed by atoms with E-state index in [1.807, 2.05) is 0 Å². The number of unbranched alkanes of at least 4 members (excludes halogenated alkanes) is 12. The molecule has 0 N–H and O–H groups in total. The lowest BCUT2D eigenvalue weighted by Gasteiger charge is -2.00. The van der Waals surface area contributed by atoms with Gasteiger partial charge in [0.1, 0.15) is 0 Å². The molecule has 0 fully saturated rings. The summed E-state index contributed by atoms with van der Waals surface area (Å²) in [5.41, 5.74) is 0. The number of methoxy groups -OCH3 is 1.